The fourth-order valence-corrected chi connectivity index (χ4v) is 6.99. The standard InChI is InChI=1S/C29H34BNO5/c1-28(2)20-15-23(28)29(3)24(16-20)35-30(36-29)25(14-19-17-34-22-13-9-8-12-21(19)22)31-27(32)26(33-4)18-10-6-5-7-11-18/h5-13,17,20,23-26H,14-16H2,1-4H3,(H,31,32)/t20?,23?,24-,25+,26+,29+/m1/s1. The van der Waals surface area contributed by atoms with Crippen LogP contribution in [0.15, 0.2) is 65.3 Å². The average Bonchev–Trinajstić information content (AvgIpc) is 3.45. The van der Waals surface area contributed by atoms with Crippen molar-refractivity contribution >= 4 is 24.0 Å². The van der Waals surface area contributed by atoms with Crippen molar-refractivity contribution in [3.05, 3.63) is 72.0 Å². The summed E-state index contributed by atoms with van der Waals surface area (Å²) >= 11 is 0. The van der Waals surface area contributed by atoms with Gasteiger partial charge in [0.25, 0.3) is 5.91 Å². The Bertz CT molecular complexity index is 1260. The molecule has 2 unspecified atom stereocenters. The van der Waals surface area contributed by atoms with Gasteiger partial charge in [-0.1, -0.05) is 62.4 Å². The van der Waals surface area contributed by atoms with E-state index < -0.39 is 19.2 Å². The normalized spacial score (nSPS) is 29.9. The van der Waals surface area contributed by atoms with Crippen LogP contribution in [0.2, 0.25) is 0 Å². The lowest BCUT2D eigenvalue weighted by molar-refractivity contribution is -0.199. The second-order valence-electron chi connectivity index (χ2n) is 11.4. The first-order chi connectivity index (χ1) is 17.3. The van der Waals surface area contributed by atoms with Crippen LogP contribution >= 0.6 is 0 Å². The Kier molecular flexibility index (Phi) is 5.78. The predicted octanol–water partition coefficient (Wildman–Crippen LogP) is 5.12. The molecule has 0 spiro atoms. The van der Waals surface area contributed by atoms with Crippen LogP contribution in [0.5, 0.6) is 0 Å². The average molecular weight is 487 g/mol. The molecule has 2 heterocycles. The van der Waals surface area contributed by atoms with Gasteiger partial charge >= 0.3 is 7.12 Å². The zero-order chi connectivity index (χ0) is 25.1. The van der Waals surface area contributed by atoms with Crippen LogP contribution in [0.1, 0.15) is 50.8 Å². The fourth-order valence-electron chi connectivity index (χ4n) is 6.99. The minimum absolute atomic E-state index is 0.0344. The van der Waals surface area contributed by atoms with E-state index in [1.54, 1.807) is 13.4 Å². The summed E-state index contributed by atoms with van der Waals surface area (Å²) in [5.74, 6) is 0.492. The first kappa shape index (κ1) is 23.8. The van der Waals surface area contributed by atoms with Crippen molar-refractivity contribution < 1.29 is 23.3 Å². The van der Waals surface area contributed by atoms with Crippen LogP contribution in [0, 0.1) is 17.3 Å². The molecule has 3 aromatic rings. The number of hydrogen-bond acceptors (Lipinski definition) is 5. The molecule has 6 atom stereocenters. The van der Waals surface area contributed by atoms with Gasteiger partial charge in [-0.3, -0.25) is 4.79 Å². The van der Waals surface area contributed by atoms with Crippen molar-refractivity contribution in [2.75, 3.05) is 7.11 Å². The number of nitrogens with one attached hydrogen (secondary N) is 1. The van der Waals surface area contributed by atoms with E-state index in [9.17, 15) is 4.79 Å². The number of para-hydroxylation sites is 1. The molecule has 4 aliphatic rings. The first-order valence-electron chi connectivity index (χ1n) is 13.0. The van der Waals surface area contributed by atoms with E-state index in [2.05, 4.69) is 26.1 Å². The molecule has 7 heteroatoms. The zero-order valence-corrected chi connectivity index (χ0v) is 21.4. The van der Waals surface area contributed by atoms with Gasteiger partial charge in [0.05, 0.1) is 23.9 Å². The maximum absolute atomic E-state index is 13.5. The zero-order valence-electron chi connectivity index (χ0n) is 21.4. The molecule has 1 aromatic heterocycles. The van der Waals surface area contributed by atoms with Gasteiger partial charge in [0.15, 0.2) is 6.10 Å². The molecular weight excluding hydrogens is 453 g/mol. The number of furan rings is 1. The van der Waals surface area contributed by atoms with Crippen LogP contribution in [0.3, 0.4) is 0 Å². The number of carbonyl (C=O) groups excluding carboxylic acids is 1. The molecular formula is C29H34BNO5. The number of benzene rings is 2. The third-order valence-electron chi connectivity index (χ3n) is 9.20. The van der Waals surface area contributed by atoms with E-state index >= 15 is 0 Å². The molecule has 3 saturated carbocycles. The van der Waals surface area contributed by atoms with Crippen molar-refractivity contribution in [1.29, 1.82) is 0 Å². The van der Waals surface area contributed by atoms with Gasteiger partial charge in [-0.2, -0.15) is 0 Å². The summed E-state index contributed by atoms with van der Waals surface area (Å²) in [5, 5.41) is 4.27. The lowest BCUT2D eigenvalue weighted by Crippen LogP contribution is -2.65. The third kappa shape index (κ3) is 3.71. The summed E-state index contributed by atoms with van der Waals surface area (Å²) in [5.41, 5.74) is 2.54. The molecule has 188 valence electrons. The molecule has 3 aliphatic carbocycles. The summed E-state index contributed by atoms with van der Waals surface area (Å²) in [7, 11) is 1.00. The Labute approximate surface area is 212 Å². The van der Waals surface area contributed by atoms with Crippen LogP contribution in [-0.4, -0.2) is 37.8 Å². The van der Waals surface area contributed by atoms with Gasteiger partial charge in [-0.05, 0) is 60.6 Å². The summed E-state index contributed by atoms with van der Waals surface area (Å²) in [6.07, 6.45) is 3.79. The van der Waals surface area contributed by atoms with Crippen molar-refractivity contribution in [1.82, 2.24) is 5.32 Å². The maximum atomic E-state index is 13.5. The van der Waals surface area contributed by atoms with E-state index in [4.69, 9.17) is 18.5 Å². The van der Waals surface area contributed by atoms with Gasteiger partial charge in [0.2, 0.25) is 0 Å². The highest BCUT2D eigenvalue weighted by molar-refractivity contribution is 6.48. The van der Waals surface area contributed by atoms with Gasteiger partial charge in [-0.15, -0.1) is 0 Å². The van der Waals surface area contributed by atoms with Crippen LogP contribution < -0.4 is 5.32 Å². The molecule has 2 bridgehead atoms. The smallest absolute Gasteiger partial charge is 0.464 e. The van der Waals surface area contributed by atoms with Crippen LogP contribution in [-0.2, 0) is 25.3 Å². The quantitative estimate of drug-likeness (QED) is 0.469. The minimum atomic E-state index is -0.721. The number of hydrogen-bond donors (Lipinski definition) is 1. The predicted molar refractivity (Wildman–Crippen MR) is 138 cm³/mol. The van der Waals surface area contributed by atoms with Gasteiger partial charge in [-0.25, -0.2) is 0 Å². The monoisotopic (exact) mass is 487 g/mol. The molecule has 7 rings (SSSR count). The second kappa shape index (κ2) is 8.75. The Balaban J connectivity index is 1.29. The van der Waals surface area contributed by atoms with Gasteiger partial charge in [0, 0.05) is 12.5 Å². The minimum Gasteiger partial charge on any atom is -0.464 e. The summed E-state index contributed by atoms with van der Waals surface area (Å²) in [6, 6.07) is 17.5. The molecule has 2 aromatic carbocycles. The van der Waals surface area contributed by atoms with Gasteiger partial charge < -0.3 is 23.8 Å². The Morgan fingerprint density at radius 3 is 2.61 bits per heavy atom. The first-order valence-corrected chi connectivity index (χ1v) is 13.0. The number of rotatable bonds is 7. The number of fused-ring (bicyclic) bond motifs is 1. The van der Waals surface area contributed by atoms with Crippen molar-refractivity contribution in [3.63, 3.8) is 0 Å². The number of carbonyl (C=O) groups is 1. The molecule has 4 fully saturated rings. The van der Waals surface area contributed by atoms with E-state index in [0.29, 0.717) is 18.3 Å². The Hall–Kier alpha value is -2.61. The van der Waals surface area contributed by atoms with Crippen LogP contribution in [0.25, 0.3) is 11.0 Å². The number of ether oxygens (including phenoxy) is 1. The lowest BCUT2D eigenvalue weighted by Gasteiger charge is -2.64. The lowest BCUT2D eigenvalue weighted by atomic mass is 9.43. The Morgan fingerprint density at radius 1 is 1.11 bits per heavy atom. The van der Waals surface area contributed by atoms with E-state index in [-0.39, 0.29) is 23.0 Å². The molecule has 0 radical (unpaired) electrons. The molecule has 1 aliphatic heterocycles. The SMILES string of the molecule is CO[C@H](C(=O)N[C@@H](Cc1coc2ccccc12)B1O[C@@H]2CC3CC(C3(C)C)[C@]2(C)O1)c1ccccc1. The van der Waals surface area contributed by atoms with Crippen molar-refractivity contribution in [2.24, 2.45) is 17.3 Å². The maximum Gasteiger partial charge on any atom is 0.482 e. The summed E-state index contributed by atoms with van der Waals surface area (Å²) in [4.78, 5) is 13.5. The highest BCUT2D eigenvalue weighted by Crippen LogP contribution is 2.65. The summed E-state index contributed by atoms with van der Waals surface area (Å²) < 4.78 is 24.8. The molecule has 1 N–H and O–H groups in total. The molecule has 1 saturated heterocycles. The van der Waals surface area contributed by atoms with Crippen molar-refractivity contribution in [2.45, 2.75) is 63.8 Å². The number of amides is 1. The largest absolute Gasteiger partial charge is 0.482 e. The summed E-state index contributed by atoms with van der Waals surface area (Å²) in [6.45, 7) is 6.90. The highest BCUT2D eigenvalue weighted by atomic mass is 16.7. The molecule has 6 nitrogen and oxygen atoms in total. The highest BCUT2D eigenvalue weighted by Gasteiger charge is 2.68. The van der Waals surface area contributed by atoms with Crippen LogP contribution in [0.4, 0.5) is 0 Å². The van der Waals surface area contributed by atoms with E-state index in [1.165, 1.54) is 6.42 Å². The topological polar surface area (TPSA) is 69.9 Å². The van der Waals surface area contributed by atoms with Gasteiger partial charge in [0.1, 0.15) is 5.58 Å². The van der Waals surface area contributed by atoms with E-state index in [1.807, 2.05) is 54.6 Å². The fraction of sp³-hybridized carbons (Fsp3) is 0.483. The number of methoxy groups -OCH3 is 1. The van der Waals surface area contributed by atoms with Crippen molar-refractivity contribution in [3.8, 4) is 0 Å². The Morgan fingerprint density at radius 2 is 1.86 bits per heavy atom. The molecule has 36 heavy (non-hydrogen) atoms. The van der Waals surface area contributed by atoms with E-state index in [0.717, 1.165) is 28.5 Å². The molecule has 1 amide bonds. The second-order valence-corrected chi connectivity index (χ2v) is 11.4. The third-order valence-corrected chi connectivity index (χ3v) is 9.20.